The molecule has 1 unspecified atom stereocenters. The third-order valence-electron chi connectivity index (χ3n) is 2.44. The second kappa shape index (κ2) is 7.24. The molecule has 16 heavy (non-hydrogen) atoms. The lowest BCUT2D eigenvalue weighted by atomic mass is 9.88. The molecular formula is C12H22N2O2. The van der Waals surface area contributed by atoms with Crippen molar-refractivity contribution >= 4 is 5.91 Å². The summed E-state index contributed by atoms with van der Waals surface area (Å²) in [6.07, 6.45) is 0.516. The highest BCUT2D eigenvalue weighted by Crippen LogP contribution is 2.19. The summed E-state index contributed by atoms with van der Waals surface area (Å²) in [6, 6.07) is 2.03. The highest BCUT2D eigenvalue weighted by molar-refractivity contribution is 5.84. The van der Waals surface area contributed by atoms with Gasteiger partial charge < -0.3 is 10.1 Å². The molecule has 0 spiro atoms. The first-order valence-corrected chi connectivity index (χ1v) is 5.73. The van der Waals surface area contributed by atoms with Crippen LogP contribution in [0.5, 0.6) is 0 Å². The van der Waals surface area contributed by atoms with E-state index in [9.17, 15) is 4.79 Å². The number of nitrogens with zero attached hydrogens (tertiary/aromatic N) is 1. The van der Waals surface area contributed by atoms with Crippen LogP contribution in [0, 0.1) is 22.7 Å². The van der Waals surface area contributed by atoms with Gasteiger partial charge in [-0.2, -0.15) is 5.26 Å². The number of nitriles is 1. The second-order valence-corrected chi connectivity index (χ2v) is 4.52. The summed E-state index contributed by atoms with van der Waals surface area (Å²) in [6.45, 7) is 9.28. The van der Waals surface area contributed by atoms with Crippen molar-refractivity contribution in [2.45, 2.75) is 34.1 Å². The minimum atomic E-state index is -0.919. The van der Waals surface area contributed by atoms with E-state index in [-0.39, 0.29) is 5.91 Å². The molecule has 0 radical (unpaired) electrons. The van der Waals surface area contributed by atoms with Gasteiger partial charge in [-0.05, 0) is 19.3 Å². The topological polar surface area (TPSA) is 62.1 Å². The molecule has 1 amide bonds. The van der Waals surface area contributed by atoms with Gasteiger partial charge in [0, 0.05) is 13.2 Å². The van der Waals surface area contributed by atoms with E-state index in [2.05, 4.69) is 19.2 Å². The summed E-state index contributed by atoms with van der Waals surface area (Å²) in [4.78, 5) is 11.6. The summed E-state index contributed by atoms with van der Waals surface area (Å²) in [7, 11) is 0. The molecule has 0 aromatic carbocycles. The number of carbonyl (C=O) groups excluding carboxylic acids is 1. The zero-order valence-electron chi connectivity index (χ0n) is 10.7. The monoisotopic (exact) mass is 226 g/mol. The van der Waals surface area contributed by atoms with E-state index in [1.807, 2.05) is 13.0 Å². The van der Waals surface area contributed by atoms with Gasteiger partial charge in [0.1, 0.15) is 5.41 Å². The van der Waals surface area contributed by atoms with E-state index >= 15 is 0 Å². The Hall–Kier alpha value is -1.08. The fraction of sp³-hybridized carbons (Fsp3) is 0.833. The van der Waals surface area contributed by atoms with E-state index in [4.69, 9.17) is 10.00 Å². The maximum atomic E-state index is 11.6. The fourth-order valence-electron chi connectivity index (χ4n) is 1.04. The number of amides is 1. The summed E-state index contributed by atoms with van der Waals surface area (Å²) < 4.78 is 5.33. The fourth-order valence-corrected chi connectivity index (χ4v) is 1.04. The molecule has 0 bridgehead atoms. The van der Waals surface area contributed by atoms with E-state index in [0.29, 0.717) is 32.1 Å². The smallest absolute Gasteiger partial charge is 0.240 e. The molecular weight excluding hydrogens is 204 g/mol. The molecule has 0 aromatic heterocycles. The van der Waals surface area contributed by atoms with Gasteiger partial charge in [-0.3, -0.25) is 4.79 Å². The van der Waals surface area contributed by atoms with Gasteiger partial charge in [0.15, 0.2) is 0 Å². The standard InChI is InChI=1S/C12H22N2O2/c1-5-12(4,9-13)11(15)14-6-7-16-8-10(2)3/h10H,5-8H2,1-4H3,(H,14,15). The van der Waals surface area contributed by atoms with E-state index in [1.165, 1.54) is 0 Å². The predicted molar refractivity (Wildman–Crippen MR) is 62.7 cm³/mol. The molecule has 0 aliphatic heterocycles. The lowest BCUT2D eigenvalue weighted by Crippen LogP contribution is -2.39. The van der Waals surface area contributed by atoms with Crippen LogP contribution in [0.15, 0.2) is 0 Å². The largest absolute Gasteiger partial charge is 0.379 e. The van der Waals surface area contributed by atoms with Crippen molar-refractivity contribution in [1.29, 1.82) is 5.26 Å². The van der Waals surface area contributed by atoms with Crippen LogP contribution in [0.3, 0.4) is 0 Å². The lowest BCUT2D eigenvalue weighted by molar-refractivity contribution is -0.127. The van der Waals surface area contributed by atoms with E-state index < -0.39 is 5.41 Å². The van der Waals surface area contributed by atoms with Crippen molar-refractivity contribution in [3.05, 3.63) is 0 Å². The maximum absolute atomic E-state index is 11.6. The Morgan fingerprint density at radius 1 is 1.56 bits per heavy atom. The van der Waals surface area contributed by atoms with Crippen LogP contribution in [0.2, 0.25) is 0 Å². The Bertz CT molecular complexity index is 258. The van der Waals surface area contributed by atoms with Crippen LogP contribution in [-0.4, -0.2) is 25.7 Å². The molecule has 0 aliphatic carbocycles. The molecule has 4 nitrogen and oxygen atoms in total. The Morgan fingerprint density at radius 2 is 2.19 bits per heavy atom. The molecule has 0 aromatic rings. The molecule has 92 valence electrons. The van der Waals surface area contributed by atoms with Gasteiger partial charge in [0.25, 0.3) is 0 Å². The number of nitrogens with one attached hydrogen (secondary N) is 1. The highest BCUT2D eigenvalue weighted by atomic mass is 16.5. The van der Waals surface area contributed by atoms with Crippen molar-refractivity contribution in [2.24, 2.45) is 11.3 Å². The average molecular weight is 226 g/mol. The van der Waals surface area contributed by atoms with Gasteiger partial charge in [0.2, 0.25) is 5.91 Å². The summed E-state index contributed by atoms with van der Waals surface area (Å²) in [5.41, 5.74) is -0.919. The molecule has 0 rings (SSSR count). The van der Waals surface area contributed by atoms with Crippen molar-refractivity contribution in [3.63, 3.8) is 0 Å². The minimum absolute atomic E-state index is 0.217. The van der Waals surface area contributed by atoms with Crippen molar-refractivity contribution in [1.82, 2.24) is 5.32 Å². The van der Waals surface area contributed by atoms with Gasteiger partial charge >= 0.3 is 0 Å². The number of ether oxygens (including phenoxy) is 1. The number of hydrogen-bond acceptors (Lipinski definition) is 3. The quantitative estimate of drug-likeness (QED) is 0.672. The first-order chi connectivity index (χ1) is 7.46. The Morgan fingerprint density at radius 3 is 2.62 bits per heavy atom. The van der Waals surface area contributed by atoms with E-state index in [0.717, 1.165) is 0 Å². The summed E-state index contributed by atoms with van der Waals surface area (Å²) >= 11 is 0. The lowest BCUT2D eigenvalue weighted by Gasteiger charge is -2.18. The van der Waals surface area contributed by atoms with Crippen molar-refractivity contribution < 1.29 is 9.53 Å². The summed E-state index contributed by atoms with van der Waals surface area (Å²) in [5, 5.41) is 11.6. The van der Waals surface area contributed by atoms with Crippen LogP contribution in [0.4, 0.5) is 0 Å². The highest BCUT2D eigenvalue weighted by Gasteiger charge is 2.30. The Kier molecular flexibility index (Phi) is 6.75. The molecule has 4 heteroatoms. The van der Waals surface area contributed by atoms with Crippen molar-refractivity contribution in [2.75, 3.05) is 19.8 Å². The van der Waals surface area contributed by atoms with Crippen LogP contribution < -0.4 is 5.32 Å². The first kappa shape index (κ1) is 14.9. The SMILES string of the molecule is CCC(C)(C#N)C(=O)NCCOCC(C)C. The molecule has 0 aliphatic rings. The van der Waals surface area contributed by atoms with Crippen LogP contribution in [0.25, 0.3) is 0 Å². The minimum Gasteiger partial charge on any atom is -0.379 e. The normalized spacial score (nSPS) is 14.2. The first-order valence-electron chi connectivity index (χ1n) is 5.73. The van der Waals surface area contributed by atoms with Gasteiger partial charge in [-0.25, -0.2) is 0 Å². The third kappa shape index (κ3) is 5.13. The van der Waals surface area contributed by atoms with Crippen LogP contribution >= 0.6 is 0 Å². The molecule has 0 fully saturated rings. The van der Waals surface area contributed by atoms with Crippen molar-refractivity contribution in [3.8, 4) is 6.07 Å². The molecule has 0 saturated heterocycles. The number of carbonyl (C=O) groups is 1. The van der Waals surface area contributed by atoms with Crippen LogP contribution in [0.1, 0.15) is 34.1 Å². The predicted octanol–water partition coefficient (Wildman–Crippen LogP) is 1.72. The summed E-state index contributed by atoms with van der Waals surface area (Å²) in [5.74, 6) is 0.279. The van der Waals surface area contributed by atoms with Gasteiger partial charge in [-0.15, -0.1) is 0 Å². The zero-order valence-corrected chi connectivity index (χ0v) is 10.7. The number of rotatable bonds is 7. The Balaban J connectivity index is 3.78. The van der Waals surface area contributed by atoms with Gasteiger partial charge in [0.05, 0.1) is 12.7 Å². The second-order valence-electron chi connectivity index (χ2n) is 4.52. The van der Waals surface area contributed by atoms with Crippen LogP contribution in [-0.2, 0) is 9.53 Å². The zero-order chi connectivity index (χ0) is 12.6. The molecule has 0 saturated carbocycles. The number of hydrogen-bond donors (Lipinski definition) is 1. The molecule has 1 N–H and O–H groups in total. The third-order valence-corrected chi connectivity index (χ3v) is 2.44. The molecule has 1 atom stereocenters. The Labute approximate surface area is 98.0 Å². The van der Waals surface area contributed by atoms with Gasteiger partial charge in [-0.1, -0.05) is 20.8 Å². The maximum Gasteiger partial charge on any atom is 0.240 e. The van der Waals surface area contributed by atoms with E-state index in [1.54, 1.807) is 6.92 Å². The molecule has 0 heterocycles. The average Bonchev–Trinajstić information content (AvgIpc) is 2.26.